The summed E-state index contributed by atoms with van der Waals surface area (Å²) in [6.45, 7) is 0. The van der Waals surface area contributed by atoms with Gasteiger partial charge in [0.1, 0.15) is 0 Å². The van der Waals surface area contributed by atoms with Crippen LogP contribution in [-0.4, -0.2) is 12.7 Å². The Morgan fingerprint density at radius 1 is 0.302 bits per heavy atom. The maximum absolute atomic E-state index is 7.32. The van der Waals surface area contributed by atoms with Gasteiger partial charge in [-0.15, -0.1) is 0 Å². The molecule has 0 aliphatic heterocycles. The molecule has 0 saturated heterocycles. The van der Waals surface area contributed by atoms with E-state index in [0.717, 1.165) is 0 Å². The Hall–Kier alpha value is -2.90. The standard InChI is InChI=1S/C38H34Br2OP2/c39-42(33-19-7-1-8-20-33,34-21-9-2-10-22-34,35-23-11-3-12-24-35)31-41-32-43(40,36-25-13-4-14-26-36,37-27-15-5-16-28-37)38-29-17-6-18-30-38/h1-30H,31-32H2. The van der Waals surface area contributed by atoms with Crippen molar-refractivity contribution in [1.29, 1.82) is 0 Å². The molecular weight excluding hydrogens is 694 g/mol. The van der Waals surface area contributed by atoms with E-state index in [1.165, 1.54) is 31.8 Å². The first-order valence-corrected chi connectivity index (χ1v) is 23.2. The normalized spacial score (nSPS) is 13.7. The average molecular weight is 728 g/mol. The van der Waals surface area contributed by atoms with E-state index in [-0.39, 0.29) is 0 Å². The van der Waals surface area contributed by atoms with Crippen LogP contribution in [0.2, 0.25) is 0 Å². The van der Waals surface area contributed by atoms with Gasteiger partial charge in [-0.3, -0.25) is 0 Å². The molecule has 1 nitrogen and oxygen atoms in total. The Balaban J connectivity index is 1.58. The van der Waals surface area contributed by atoms with Crippen molar-refractivity contribution in [2.75, 3.05) is 12.7 Å². The molecular formula is C38H34Br2OP2. The van der Waals surface area contributed by atoms with Crippen LogP contribution < -0.4 is 31.8 Å². The van der Waals surface area contributed by atoms with Gasteiger partial charge < -0.3 is 0 Å². The number of rotatable bonds is 10. The second-order valence-corrected chi connectivity index (χ2v) is 28.6. The van der Waals surface area contributed by atoms with Crippen molar-refractivity contribution in [1.82, 2.24) is 0 Å². The molecule has 0 radical (unpaired) electrons. The second kappa shape index (κ2) is 12.2. The van der Waals surface area contributed by atoms with Crippen LogP contribution in [0.5, 0.6) is 0 Å². The van der Waals surface area contributed by atoms with Gasteiger partial charge in [-0.2, -0.15) is 0 Å². The van der Waals surface area contributed by atoms with Crippen molar-refractivity contribution >= 4 is 73.4 Å². The molecule has 0 aromatic heterocycles. The topological polar surface area (TPSA) is 9.23 Å². The summed E-state index contributed by atoms with van der Waals surface area (Å²) in [6.07, 6.45) is 0.972. The molecule has 216 valence electrons. The molecule has 0 N–H and O–H groups in total. The zero-order valence-electron chi connectivity index (χ0n) is 23.8. The predicted octanol–water partition coefficient (Wildman–Crippen LogP) is 8.60. The quantitative estimate of drug-likeness (QED) is 0.129. The maximum atomic E-state index is 7.32. The average Bonchev–Trinajstić information content (AvgIpc) is 3.10. The van der Waals surface area contributed by atoms with Crippen LogP contribution >= 0.6 is 41.6 Å². The Morgan fingerprint density at radius 3 is 0.628 bits per heavy atom. The number of halogens is 2. The molecule has 0 heterocycles. The molecule has 43 heavy (non-hydrogen) atoms. The molecule has 6 aromatic carbocycles. The van der Waals surface area contributed by atoms with Crippen LogP contribution in [0.4, 0.5) is 0 Å². The summed E-state index contributed by atoms with van der Waals surface area (Å²) in [5.74, 6) is 0. The summed E-state index contributed by atoms with van der Waals surface area (Å²) in [6, 6.07) is 65.0. The van der Waals surface area contributed by atoms with Crippen molar-refractivity contribution in [3.05, 3.63) is 182 Å². The first-order chi connectivity index (χ1) is 21.0. The van der Waals surface area contributed by atoms with Crippen LogP contribution in [0.1, 0.15) is 0 Å². The minimum absolute atomic E-state index is 0.486. The van der Waals surface area contributed by atoms with Gasteiger partial charge in [-0.1, -0.05) is 0 Å². The Morgan fingerprint density at radius 2 is 0.465 bits per heavy atom. The van der Waals surface area contributed by atoms with Crippen molar-refractivity contribution in [2.24, 2.45) is 0 Å². The summed E-state index contributed by atoms with van der Waals surface area (Å²) in [5.41, 5.74) is 0. The molecule has 0 atom stereocenters. The zero-order valence-corrected chi connectivity index (χ0v) is 28.8. The summed E-state index contributed by atoms with van der Waals surface area (Å²) in [7, 11) is 0. The predicted molar refractivity (Wildman–Crippen MR) is 199 cm³/mol. The molecule has 6 rings (SSSR count). The molecule has 0 bridgehead atoms. The van der Waals surface area contributed by atoms with E-state index in [2.05, 4.69) is 213 Å². The Kier molecular flexibility index (Phi) is 8.58. The van der Waals surface area contributed by atoms with Crippen LogP contribution in [0.15, 0.2) is 182 Å². The first kappa shape index (κ1) is 30.1. The molecule has 0 aliphatic rings. The molecule has 6 aromatic rings. The van der Waals surface area contributed by atoms with Crippen molar-refractivity contribution in [2.45, 2.75) is 0 Å². The molecule has 0 spiro atoms. The van der Waals surface area contributed by atoms with Gasteiger partial charge >= 0.3 is 273 Å². The Bertz CT molecular complexity index is 1440. The van der Waals surface area contributed by atoms with E-state index in [1.54, 1.807) is 0 Å². The zero-order chi connectivity index (χ0) is 29.7. The van der Waals surface area contributed by atoms with Gasteiger partial charge in [-0.05, 0) is 0 Å². The molecule has 5 heteroatoms. The van der Waals surface area contributed by atoms with E-state index >= 15 is 0 Å². The first-order valence-electron chi connectivity index (χ1n) is 14.4. The minimum atomic E-state index is -3.29. The molecule has 0 aliphatic carbocycles. The fourth-order valence-corrected chi connectivity index (χ4v) is 19.7. The molecule has 0 unspecified atom stereocenters. The Labute approximate surface area is 271 Å². The van der Waals surface area contributed by atoms with Crippen LogP contribution in [-0.2, 0) is 4.74 Å². The fourth-order valence-electron chi connectivity index (χ4n) is 6.16. The third-order valence-corrected chi connectivity index (χ3v) is 26.6. The summed E-state index contributed by atoms with van der Waals surface area (Å²) < 4.78 is 7.32. The van der Waals surface area contributed by atoms with E-state index in [9.17, 15) is 0 Å². The number of hydrogen-bond donors (Lipinski definition) is 0. The van der Waals surface area contributed by atoms with Crippen LogP contribution in [0.3, 0.4) is 0 Å². The van der Waals surface area contributed by atoms with E-state index in [1.807, 2.05) is 0 Å². The van der Waals surface area contributed by atoms with Gasteiger partial charge in [0.25, 0.3) is 0 Å². The van der Waals surface area contributed by atoms with E-state index < -0.39 is 10.6 Å². The van der Waals surface area contributed by atoms with Crippen LogP contribution in [0.25, 0.3) is 0 Å². The third-order valence-electron chi connectivity index (χ3n) is 8.43. The summed E-state index contributed by atoms with van der Waals surface area (Å²) >= 11 is 9.15. The van der Waals surface area contributed by atoms with Crippen molar-refractivity contribution in [3.63, 3.8) is 0 Å². The van der Waals surface area contributed by atoms with Gasteiger partial charge in [0, 0.05) is 0 Å². The second-order valence-electron chi connectivity index (χ2n) is 10.8. The summed E-state index contributed by atoms with van der Waals surface area (Å²) in [4.78, 5) is 0. The van der Waals surface area contributed by atoms with Crippen LogP contribution in [0, 0.1) is 0 Å². The summed E-state index contributed by atoms with van der Waals surface area (Å²) in [5, 5.41) is 0.826. The number of benzene rings is 6. The van der Waals surface area contributed by atoms with Gasteiger partial charge in [0.15, 0.2) is 0 Å². The molecule has 0 saturated carbocycles. The SMILES string of the molecule is BrP(COCP(Br)(c1ccccc1)(c1ccccc1)c1ccccc1)(c1ccccc1)(c1ccccc1)c1ccccc1. The number of hydrogen-bond acceptors (Lipinski definition) is 1. The number of ether oxygens (including phenoxy) is 1. The van der Waals surface area contributed by atoms with Crippen molar-refractivity contribution < 1.29 is 4.74 Å². The van der Waals surface area contributed by atoms with E-state index in [4.69, 9.17) is 4.74 Å². The third kappa shape index (κ3) is 5.06. The van der Waals surface area contributed by atoms with Gasteiger partial charge in [-0.25, -0.2) is 0 Å². The van der Waals surface area contributed by atoms with Crippen molar-refractivity contribution in [3.8, 4) is 0 Å². The monoisotopic (exact) mass is 726 g/mol. The fraction of sp³-hybridized carbons (Fsp3) is 0.0526. The molecule has 0 fully saturated rings. The van der Waals surface area contributed by atoms with Gasteiger partial charge in [0.05, 0.1) is 0 Å². The van der Waals surface area contributed by atoms with E-state index in [0.29, 0.717) is 12.7 Å². The van der Waals surface area contributed by atoms with Gasteiger partial charge in [0.2, 0.25) is 0 Å². The molecule has 0 amide bonds.